The topological polar surface area (TPSA) is 64.8 Å². The average Bonchev–Trinajstić information content (AvgIpc) is 3.29. The van der Waals surface area contributed by atoms with Gasteiger partial charge in [-0.2, -0.15) is 35.1 Å². The van der Waals surface area contributed by atoms with E-state index in [4.69, 9.17) is 0 Å². The fourth-order valence-corrected chi connectivity index (χ4v) is 6.37. The number of imidazole rings is 1. The summed E-state index contributed by atoms with van der Waals surface area (Å²) in [6.45, 7) is 1.31. The molecule has 1 aromatic carbocycles. The molecule has 0 atom stereocenters. The molecule has 0 N–H and O–H groups in total. The number of sulfone groups is 1. The van der Waals surface area contributed by atoms with Crippen molar-refractivity contribution >= 4 is 42.4 Å². The summed E-state index contributed by atoms with van der Waals surface area (Å²) in [5, 5.41) is -0.107. The van der Waals surface area contributed by atoms with Crippen molar-refractivity contribution in [2.75, 3.05) is 5.75 Å². The van der Waals surface area contributed by atoms with E-state index in [-0.39, 0.29) is 36.8 Å². The molecule has 5 nitrogen and oxygen atoms in total. The number of aryl methyl sites for hydroxylation is 1. The number of thiophene rings is 1. The summed E-state index contributed by atoms with van der Waals surface area (Å²) in [4.78, 5) is 7.35. The van der Waals surface area contributed by atoms with E-state index in [0.717, 1.165) is 12.1 Å². The molecule has 4 rings (SSSR count). The summed E-state index contributed by atoms with van der Waals surface area (Å²) in [6, 6.07) is 2.62. The summed E-state index contributed by atoms with van der Waals surface area (Å²) in [5.41, 5.74) is -2.70. The highest BCUT2D eigenvalue weighted by Crippen LogP contribution is 2.48. The van der Waals surface area contributed by atoms with Gasteiger partial charge in [-0.15, -0.1) is 11.3 Å². The molecule has 0 saturated heterocycles. The average molecular weight is 543 g/mol. The van der Waals surface area contributed by atoms with Crippen molar-refractivity contribution in [1.82, 2.24) is 14.5 Å². The molecule has 188 valence electrons. The van der Waals surface area contributed by atoms with Gasteiger partial charge in [0.25, 0.3) is 0 Å². The first kappa shape index (κ1) is 25.3. The van der Waals surface area contributed by atoms with Gasteiger partial charge in [-0.3, -0.25) is 0 Å². The van der Waals surface area contributed by atoms with Crippen molar-refractivity contribution in [3.8, 4) is 10.7 Å². The predicted octanol–water partition coefficient (Wildman–Crippen LogP) is 6.32. The molecule has 0 spiro atoms. The third-order valence-electron chi connectivity index (χ3n) is 5.29. The molecule has 0 saturated carbocycles. The normalized spacial score (nSPS) is 13.8. The van der Waals surface area contributed by atoms with Crippen molar-refractivity contribution in [3.63, 3.8) is 0 Å². The summed E-state index contributed by atoms with van der Waals surface area (Å²) in [7, 11) is -2.71. The molecule has 35 heavy (non-hydrogen) atoms. The standard InChI is InChI=1S/C20H13F8N3O2S2/c1-3-35(32,33)15-11-5-4-9(18(21,22)20(26,27)28)7-13(11)34-14(15)17-30-12-6-10(19(23,24)25)8-29-16(12)31(17)2/h4-8H,3H2,1-2H3. The number of nitrogens with zero attached hydrogens (tertiary/aromatic N) is 3. The fourth-order valence-electron chi connectivity index (χ4n) is 3.47. The van der Waals surface area contributed by atoms with E-state index >= 15 is 0 Å². The molecule has 3 aromatic heterocycles. The Morgan fingerprint density at radius 2 is 1.66 bits per heavy atom. The molecular weight excluding hydrogens is 530 g/mol. The molecule has 15 heteroatoms. The Morgan fingerprint density at radius 1 is 1.00 bits per heavy atom. The van der Waals surface area contributed by atoms with Gasteiger partial charge in [-0.25, -0.2) is 18.4 Å². The number of pyridine rings is 1. The minimum Gasteiger partial charge on any atom is -0.311 e. The van der Waals surface area contributed by atoms with E-state index in [0.29, 0.717) is 29.7 Å². The zero-order valence-corrected chi connectivity index (χ0v) is 19.2. The van der Waals surface area contributed by atoms with Gasteiger partial charge in [0.05, 0.1) is 21.1 Å². The van der Waals surface area contributed by atoms with Gasteiger partial charge < -0.3 is 4.57 Å². The zero-order chi connectivity index (χ0) is 26.1. The third-order valence-corrected chi connectivity index (χ3v) is 8.38. The summed E-state index contributed by atoms with van der Waals surface area (Å²) in [6.07, 6.45) is -10.0. The number of benzene rings is 1. The summed E-state index contributed by atoms with van der Waals surface area (Å²) >= 11 is 0.586. The molecule has 0 unspecified atom stereocenters. The predicted molar refractivity (Wildman–Crippen MR) is 112 cm³/mol. The quantitative estimate of drug-likeness (QED) is 0.283. The Bertz CT molecular complexity index is 1570. The van der Waals surface area contributed by atoms with E-state index in [1.807, 2.05) is 0 Å². The molecule has 0 aliphatic heterocycles. The van der Waals surface area contributed by atoms with E-state index < -0.39 is 45.0 Å². The molecule has 0 fully saturated rings. The van der Waals surface area contributed by atoms with Crippen molar-refractivity contribution in [3.05, 3.63) is 41.6 Å². The SMILES string of the molecule is CCS(=O)(=O)c1c(-c2nc3cc(C(F)(F)F)cnc3n2C)sc2cc(C(F)(F)C(F)(F)F)ccc12. The van der Waals surface area contributed by atoms with Crippen LogP contribution < -0.4 is 0 Å². The Kier molecular flexibility index (Phi) is 5.67. The summed E-state index contributed by atoms with van der Waals surface area (Å²) < 4.78 is 132. The van der Waals surface area contributed by atoms with Crippen LogP contribution >= 0.6 is 11.3 Å². The molecule has 3 heterocycles. The van der Waals surface area contributed by atoms with Crippen LogP contribution in [-0.4, -0.2) is 34.9 Å². The molecular formula is C20H13F8N3O2S2. The van der Waals surface area contributed by atoms with Crippen molar-refractivity contribution < 1.29 is 43.5 Å². The first-order chi connectivity index (χ1) is 16.0. The summed E-state index contributed by atoms with van der Waals surface area (Å²) in [5.74, 6) is -5.76. The first-order valence-corrected chi connectivity index (χ1v) is 12.1. The molecule has 0 aliphatic carbocycles. The molecule has 0 radical (unpaired) electrons. The van der Waals surface area contributed by atoms with Crippen LogP contribution in [0.4, 0.5) is 35.1 Å². The minimum absolute atomic E-state index is 0.0189. The van der Waals surface area contributed by atoms with E-state index in [1.165, 1.54) is 18.5 Å². The number of rotatable bonds is 4. The largest absolute Gasteiger partial charge is 0.458 e. The molecule has 0 bridgehead atoms. The van der Waals surface area contributed by atoms with Crippen LogP contribution in [0.1, 0.15) is 18.1 Å². The van der Waals surface area contributed by atoms with Crippen molar-refractivity contribution in [2.45, 2.75) is 30.1 Å². The number of aromatic nitrogens is 3. The Morgan fingerprint density at radius 3 is 2.23 bits per heavy atom. The minimum atomic E-state index is -5.88. The maximum Gasteiger partial charge on any atom is 0.458 e. The second kappa shape index (κ2) is 7.85. The van der Waals surface area contributed by atoms with Crippen LogP contribution in [0.3, 0.4) is 0 Å². The number of hydrogen-bond acceptors (Lipinski definition) is 5. The Labute approximate surface area is 195 Å². The van der Waals surface area contributed by atoms with Crippen LogP contribution in [0.25, 0.3) is 32.0 Å². The van der Waals surface area contributed by atoms with Crippen LogP contribution in [0.5, 0.6) is 0 Å². The Balaban J connectivity index is 2.02. The van der Waals surface area contributed by atoms with Gasteiger partial charge in [0.1, 0.15) is 5.52 Å². The monoisotopic (exact) mass is 543 g/mol. The second-order valence-corrected chi connectivity index (χ2v) is 10.8. The lowest BCUT2D eigenvalue weighted by Gasteiger charge is -2.19. The van der Waals surface area contributed by atoms with Crippen LogP contribution in [0.15, 0.2) is 35.4 Å². The van der Waals surface area contributed by atoms with Crippen LogP contribution in [0.2, 0.25) is 0 Å². The number of halogens is 8. The molecule has 4 aromatic rings. The second-order valence-electron chi connectivity index (χ2n) is 7.51. The van der Waals surface area contributed by atoms with Gasteiger partial charge in [-0.05, 0) is 12.1 Å². The third kappa shape index (κ3) is 4.03. The molecule has 0 aliphatic rings. The van der Waals surface area contributed by atoms with Crippen molar-refractivity contribution in [2.24, 2.45) is 7.05 Å². The van der Waals surface area contributed by atoms with Gasteiger partial charge in [0.15, 0.2) is 21.3 Å². The highest BCUT2D eigenvalue weighted by Gasteiger charge is 2.58. The Hall–Kier alpha value is -2.81. The van der Waals surface area contributed by atoms with Crippen LogP contribution in [0, 0.1) is 0 Å². The van der Waals surface area contributed by atoms with Gasteiger partial charge in [0, 0.05) is 28.9 Å². The van der Waals surface area contributed by atoms with Gasteiger partial charge in [-0.1, -0.05) is 19.1 Å². The van der Waals surface area contributed by atoms with E-state index in [2.05, 4.69) is 9.97 Å². The van der Waals surface area contributed by atoms with Gasteiger partial charge in [0.2, 0.25) is 0 Å². The van der Waals surface area contributed by atoms with Crippen molar-refractivity contribution in [1.29, 1.82) is 0 Å². The highest BCUT2D eigenvalue weighted by atomic mass is 32.2. The van der Waals surface area contributed by atoms with Gasteiger partial charge >= 0.3 is 18.3 Å². The highest BCUT2D eigenvalue weighted by molar-refractivity contribution is 7.92. The lowest BCUT2D eigenvalue weighted by atomic mass is 10.1. The van der Waals surface area contributed by atoms with Crippen LogP contribution in [-0.2, 0) is 29.0 Å². The smallest absolute Gasteiger partial charge is 0.311 e. The maximum atomic E-state index is 13.9. The molecule has 0 amide bonds. The lowest BCUT2D eigenvalue weighted by Crippen LogP contribution is -2.33. The zero-order valence-electron chi connectivity index (χ0n) is 17.6. The maximum absolute atomic E-state index is 13.9. The number of hydrogen-bond donors (Lipinski definition) is 0. The lowest BCUT2D eigenvalue weighted by molar-refractivity contribution is -0.289. The fraction of sp³-hybridized carbons (Fsp3) is 0.300. The number of alkyl halides is 8. The van der Waals surface area contributed by atoms with E-state index in [1.54, 1.807) is 0 Å². The first-order valence-electron chi connectivity index (χ1n) is 9.63. The number of fused-ring (bicyclic) bond motifs is 2. The van der Waals surface area contributed by atoms with E-state index in [9.17, 15) is 43.5 Å².